The van der Waals surface area contributed by atoms with Crippen LogP contribution >= 0.6 is 35.3 Å². The molecule has 27 heavy (non-hydrogen) atoms. The molecular weight excluding hydrogens is 396 g/mol. The van der Waals surface area contributed by atoms with Gasteiger partial charge in [0.25, 0.3) is 0 Å². The minimum atomic E-state index is -0.234. The second-order valence-electron chi connectivity index (χ2n) is 6.30. The number of methoxy groups -OCH3 is 1. The fourth-order valence-corrected chi connectivity index (χ4v) is 6.46. The van der Waals surface area contributed by atoms with Crippen LogP contribution in [0.2, 0.25) is 0 Å². The first-order valence-corrected chi connectivity index (χ1v) is 12.0. The van der Waals surface area contributed by atoms with Crippen LogP contribution in [-0.4, -0.2) is 30.3 Å². The van der Waals surface area contributed by atoms with Gasteiger partial charge < -0.3 is 9.47 Å². The Hall–Kier alpha value is -1.24. The fourth-order valence-electron chi connectivity index (χ4n) is 2.70. The van der Waals surface area contributed by atoms with Crippen molar-refractivity contribution in [1.82, 2.24) is 0 Å². The highest BCUT2D eigenvalue weighted by molar-refractivity contribution is 8.19. The number of carbonyl (C=O) groups is 1. The first kappa shape index (κ1) is 20.5. The number of ether oxygens (including phenoxy) is 2. The van der Waals surface area contributed by atoms with Crippen molar-refractivity contribution < 1.29 is 14.3 Å². The molecule has 3 rings (SSSR count). The first-order chi connectivity index (χ1) is 13.1. The molecule has 1 aliphatic rings. The number of hydrogen-bond acceptors (Lipinski definition) is 6. The van der Waals surface area contributed by atoms with Gasteiger partial charge in [0.15, 0.2) is 11.5 Å². The smallest absolute Gasteiger partial charge is 0.312 e. The summed E-state index contributed by atoms with van der Waals surface area (Å²) in [7, 11) is 1.61. The van der Waals surface area contributed by atoms with Crippen molar-refractivity contribution in [2.24, 2.45) is 0 Å². The molecule has 0 N–H and O–H groups in total. The zero-order chi connectivity index (χ0) is 19.2. The Morgan fingerprint density at radius 3 is 2.56 bits per heavy atom. The van der Waals surface area contributed by atoms with Crippen molar-refractivity contribution in [2.75, 3.05) is 24.4 Å². The third kappa shape index (κ3) is 5.62. The summed E-state index contributed by atoms with van der Waals surface area (Å²) in [6.45, 7) is 4.20. The van der Waals surface area contributed by atoms with Crippen molar-refractivity contribution in [1.29, 1.82) is 0 Å². The molecule has 0 radical (unpaired) electrons. The van der Waals surface area contributed by atoms with Crippen LogP contribution in [0.5, 0.6) is 11.5 Å². The van der Waals surface area contributed by atoms with E-state index >= 15 is 0 Å². The van der Waals surface area contributed by atoms with Gasteiger partial charge in [-0.1, -0.05) is 12.1 Å². The maximum atomic E-state index is 12.2. The average molecular weight is 421 g/mol. The second-order valence-corrected chi connectivity index (χ2v) is 10.2. The van der Waals surface area contributed by atoms with E-state index < -0.39 is 0 Å². The molecule has 0 atom stereocenters. The van der Waals surface area contributed by atoms with E-state index in [0.29, 0.717) is 28.3 Å². The Bertz CT molecular complexity index is 801. The van der Waals surface area contributed by atoms with Crippen molar-refractivity contribution in [3.63, 3.8) is 0 Å². The fraction of sp³-hybridized carbons (Fsp3) is 0.381. The van der Waals surface area contributed by atoms with Crippen LogP contribution in [0.4, 0.5) is 0 Å². The molecule has 0 unspecified atom stereocenters. The maximum absolute atomic E-state index is 12.2. The highest BCUT2D eigenvalue weighted by Crippen LogP contribution is 2.47. The van der Waals surface area contributed by atoms with Gasteiger partial charge in [-0.25, -0.2) is 0 Å². The summed E-state index contributed by atoms with van der Waals surface area (Å²) >= 11 is 5.56. The van der Waals surface area contributed by atoms with E-state index in [0.717, 1.165) is 0 Å². The number of esters is 1. The molecule has 0 aliphatic carbocycles. The van der Waals surface area contributed by atoms with Crippen LogP contribution in [0.15, 0.2) is 41.3 Å². The standard InChI is InChI=1S/C21H24O3S3/c1-14-4-6-17(12-15(14)2)25-9-8-20(22)24-18-7-5-16(13-19(18)23-3)21-26-10-11-27-21/h4-7,12-13,21H,8-11H2,1-3H3. The highest BCUT2D eigenvalue weighted by atomic mass is 32.2. The van der Waals surface area contributed by atoms with Gasteiger partial charge in [0.05, 0.1) is 18.1 Å². The zero-order valence-electron chi connectivity index (χ0n) is 15.8. The predicted octanol–water partition coefficient (Wildman–Crippen LogP) is 5.88. The summed E-state index contributed by atoms with van der Waals surface area (Å²) in [5, 5.41) is 0. The van der Waals surface area contributed by atoms with Crippen LogP contribution in [0.1, 0.15) is 27.7 Å². The van der Waals surface area contributed by atoms with Gasteiger partial charge in [0, 0.05) is 22.2 Å². The van der Waals surface area contributed by atoms with E-state index in [-0.39, 0.29) is 5.97 Å². The van der Waals surface area contributed by atoms with Gasteiger partial charge in [-0.15, -0.1) is 35.3 Å². The van der Waals surface area contributed by atoms with Gasteiger partial charge in [-0.3, -0.25) is 4.79 Å². The van der Waals surface area contributed by atoms with Crippen molar-refractivity contribution in [2.45, 2.75) is 29.7 Å². The van der Waals surface area contributed by atoms with Crippen LogP contribution in [-0.2, 0) is 4.79 Å². The summed E-state index contributed by atoms with van der Waals surface area (Å²) < 4.78 is 11.4. The molecule has 1 fully saturated rings. The lowest BCUT2D eigenvalue weighted by Gasteiger charge is -2.13. The summed E-state index contributed by atoms with van der Waals surface area (Å²) in [6, 6.07) is 12.2. The molecule has 0 saturated carbocycles. The Kier molecular flexibility index (Phi) is 7.44. The van der Waals surface area contributed by atoms with Crippen LogP contribution < -0.4 is 9.47 Å². The van der Waals surface area contributed by atoms with Crippen molar-refractivity contribution in [3.8, 4) is 11.5 Å². The molecule has 1 saturated heterocycles. The number of rotatable bonds is 7. The summed E-state index contributed by atoms with van der Waals surface area (Å²) in [4.78, 5) is 13.4. The number of carbonyl (C=O) groups excluding carboxylic acids is 1. The van der Waals surface area contributed by atoms with E-state index in [1.54, 1.807) is 18.9 Å². The summed E-state index contributed by atoms with van der Waals surface area (Å²) in [6.07, 6.45) is 0.358. The lowest BCUT2D eigenvalue weighted by molar-refractivity contribution is -0.134. The van der Waals surface area contributed by atoms with Crippen LogP contribution in [0, 0.1) is 13.8 Å². The molecule has 3 nitrogen and oxygen atoms in total. The van der Waals surface area contributed by atoms with E-state index in [1.807, 2.05) is 41.7 Å². The van der Waals surface area contributed by atoms with Crippen LogP contribution in [0.3, 0.4) is 0 Å². The minimum Gasteiger partial charge on any atom is -0.493 e. The predicted molar refractivity (Wildman–Crippen MR) is 118 cm³/mol. The van der Waals surface area contributed by atoms with E-state index in [2.05, 4.69) is 32.0 Å². The lowest BCUT2D eigenvalue weighted by atomic mass is 10.1. The number of thioether (sulfide) groups is 3. The maximum Gasteiger partial charge on any atom is 0.312 e. The summed E-state index contributed by atoms with van der Waals surface area (Å²) in [5.74, 6) is 3.92. The molecule has 0 spiro atoms. The van der Waals surface area contributed by atoms with Gasteiger partial charge in [0.2, 0.25) is 0 Å². The molecule has 2 aromatic rings. The Labute approximate surface area is 174 Å². The average Bonchev–Trinajstić information content (AvgIpc) is 3.19. The molecule has 0 bridgehead atoms. The quantitative estimate of drug-likeness (QED) is 0.316. The minimum absolute atomic E-state index is 0.234. The Balaban J connectivity index is 1.54. The van der Waals surface area contributed by atoms with E-state index in [4.69, 9.17) is 9.47 Å². The zero-order valence-corrected chi connectivity index (χ0v) is 18.3. The Morgan fingerprint density at radius 1 is 1.07 bits per heavy atom. The molecular formula is C21H24O3S3. The Morgan fingerprint density at radius 2 is 1.85 bits per heavy atom. The molecule has 1 heterocycles. The molecule has 144 valence electrons. The number of aryl methyl sites for hydroxylation is 2. The molecule has 2 aromatic carbocycles. The number of benzene rings is 2. The third-order valence-electron chi connectivity index (χ3n) is 4.36. The van der Waals surface area contributed by atoms with Crippen LogP contribution in [0.25, 0.3) is 0 Å². The molecule has 0 amide bonds. The van der Waals surface area contributed by atoms with E-state index in [9.17, 15) is 4.79 Å². The van der Waals surface area contributed by atoms with Gasteiger partial charge in [0.1, 0.15) is 0 Å². The molecule has 6 heteroatoms. The monoisotopic (exact) mass is 420 g/mol. The number of hydrogen-bond donors (Lipinski definition) is 0. The van der Waals surface area contributed by atoms with Gasteiger partial charge >= 0.3 is 5.97 Å². The van der Waals surface area contributed by atoms with Crippen molar-refractivity contribution in [3.05, 3.63) is 53.1 Å². The van der Waals surface area contributed by atoms with Gasteiger partial charge in [-0.05, 0) is 54.8 Å². The molecule has 1 aliphatic heterocycles. The van der Waals surface area contributed by atoms with E-state index in [1.165, 1.54) is 33.1 Å². The van der Waals surface area contributed by atoms with Gasteiger partial charge in [-0.2, -0.15) is 0 Å². The normalized spacial score (nSPS) is 14.3. The lowest BCUT2D eigenvalue weighted by Crippen LogP contribution is -2.09. The highest BCUT2D eigenvalue weighted by Gasteiger charge is 2.20. The van der Waals surface area contributed by atoms with Crippen molar-refractivity contribution >= 4 is 41.3 Å². The largest absolute Gasteiger partial charge is 0.493 e. The third-order valence-corrected chi connectivity index (χ3v) is 8.46. The second kappa shape index (κ2) is 9.80. The summed E-state index contributed by atoms with van der Waals surface area (Å²) in [5.41, 5.74) is 3.76. The first-order valence-electron chi connectivity index (χ1n) is 8.88. The molecule has 0 aromatic heterocycles. The SMILES string of the molecule is COc1cc(C2SCCS2)ccc1OC(=O)CCSc1ccc(C)c(C)c1. The topological polar surface area (TPSA) is 35.5 Å².